The molecule has 4 nitrogen and oxygen atoms in total. The highest BCUT2D eigenvalue weighted by atomic mass is 19.2. The number of nitrogens with one attached hydrogen (secondary N) is 2. The Hall–Kier alpha value is -1.85. The van der Waals surface area contributed by atoms with E-state index in [1.807, 2.05) is 0 Å². The SMILES string of the molecule is CCOC(=O)c1cccc(NF)c1NF. The second-order valence-electron chi connectivity index (χ2n) is 2.64. The van der Waals surface area contributed by atoms with Crippen LogP contribution in [0.5, 0.6) is 0 Å². The predicted octanol–water partition coefficient (Wildman–Crippen LogP) is 2.46. The van der Waals surface area contributed by atoms with E-state index in [0.717, 1.165) is 0 Å². The number of benzene rings is 1. The molecule has 0 atom stereocenters. The van der Waals surface area contributed by atoms with E-state index < -0.39 is 5.97 Å². The Morgan fingerprint density at radius 1 is 1.40 bits per heavy atom. The number of esters is 1. The van der Waals surface area contributed by atoms with Gasteiger partial charge in [-0.1, -0.05) is 6.07 Å². The highest BCUT2D eigenvalue weighted by Gasteiger charge is 2.15. The molecule has 6 heteroatoms. The highest BCUT2D eigenvalue weighted by molar-refractivity contribution is 5.98. The smallest absolute Gasteiger partial charge is 0.340 e. The van der Waals surface area contributed by atoms with Crippen molar-refractivity contribution in [1.82, 2.24) is 0 Å². The zero-order valence-corrected chi connectivity index (χ0v) is 8.01. The molecule has 0 aromatic heterocycles. The van der Waals surface area contributed by atoms with Gasteiger partial charge in [0.2, 0.25) is 0 Å². The van der Waals surface area contributed by atoms with Gasteiger partial charge in [-0.3, -0.25) is 0 Å². The molecule has 0 spiro atoms. The molecule has 0 fully saturated rings. The van der Waals surface area contributed by atoms with Crippen molar-refractivity contribution in [2.24, 2.45) is 0 Å². The molecule has 0 aliphatic heterocycles. The van der Waals surface area contributed by atoms with Gasteiger partial charge in [-0.15, -0.1) is 8.96 Å². The Labute approximate surface area is 85.1 Å². The number of hydrogen-bond donors (Lipinski definition) is 2. The lowest BCUT2D eigenvalue weighted by Gasteiger charge is -2.09. The van der Waals surface area contributed by atoms with Gasteiger partial charge in [-0.05, 0) is 19.1 Å². The molecule has 15 heavy (non-hydrogen) atoms. The van der Waals surface area contributed by atoms with E-state index >= 15 is 0 Å². The Morgan fingerprint density at radius 3 is 2.67 bits per heavy atom. The molecule has 0 saturated heterocycles. The number of anilines is 2. The first-order chi connectivity index (χ1) is 7.24. The van der Waals surface area contributed by atoms with Gasteiger partial charge >= 0.3 is 5.97 Å². The van der Waals surface area contributed by atoms with Gasteiger partial charge in [0.25, 0.3) is 0 Å². The molecule has 0 bridgehead atoms. The molecule has 82 valence electrons. The number of rotatable bonds is 4. The number of carbonyl (C=O) groups excluding carboxylic acids is 1. The van der Waals surface area contributed by atoms with Crippen molar-refractivity contribution in [3.05, 3.63) is 23.8 Å². The first kappa shape index (κ1) is 11.2. The van der Waals surface area contributed by atoms with Gasteiger partial charge in [0.15, 0.2) is 0 Å². The molecule has 0 amide bonds. The van der Waals surface area contributed by atoms with E-state index in [2.05, 4.69) is 4.74 Å². The zero-order valence-electron chi connectivity index (χ0n) is 8.01. The van der Waals surface area contributed by atoms with E-state index in [0.29, 0.717) is 0 Å². The van der Waals surface area contributed by atoms with Crippen LogP contribution in [-0.2, 0) is 4.74 Å². The molecule has 1 aromatic rings. The van der Waals surface area contributed by atoms with Crippen LogP contribution >= 0.6 is 0 Å². The third-order valence-electron chi connectivity index (χ3n) is 1.76. The zero-order chi connectivity index (χ0) is 11.3. The third kappa shape index (κ3) is 2.34. The summed E-state index contributed by atoms with van der Waals surface area (Å²) >= 11 is 0. The van der Waals surface area contributed by atoms with Crippen LogP contribution in [0.25, 0.3) is 0 Å². The quantitative estimate of drug-likeness (QED) is 0.599. The summed E-state index contributed by atoms with van der Waals surface area (Å²) in [5.74, 6) is -0.713. The Bertz CT molecular complexity index is 358. The van der Waals surface area contributed by atoms with Crippen molar-refractivity contribution < 1.29 is 18.5 Å². The van der Waals surface area contributed by atoms with Crippen molar-refractivity contribution in [3.63, 3.8) is 0 Å². The minimum Gasteiger partial charge on any atom is -0.462 e. The molecule has 1 aromatic carbocycles. The van der Waals surface area contributed by atoms with E-state index in [1.54, 1.807) is 6.92 Å². The summed E-state index contributed by atoms with van der Waals surface area (Å²) < 4.78 is 29.2. The molecule has 0 aliphatic rings. The van der Waals surface area contributed by atoms with Gasteiger partial charge in [-0.25, -0.2) is 15.9 Å². The fraction of sp³-hybridized carbons (Fsp3) is 0.222. The van der Waals surface area contributed by atoms with Gasteiger partial charge in [0.05, 0.1) is 17.9 Å². The fourth-order valence-corrected chi connectivity index (χ4v) is 1.11. The van der Waals surface area contributed by atoms with Crippen LogP contribution in [0.3, 0.4) is 0 Å². The number of carbonyl (C=O) groups is 1. The molecule has 1 rings (SSSR count). The summed E-state index contributed by atoms with van der Waals surface area (Å²) in [5.41, 5.74) is 2.01. The number of halogens is 2. The van der Waals surface area contributed by atoms with Crippen LogP contribution in [0.1, 0.15) is 17.3 Å². The highest BCUT2D eigenvalue weighted by Crippen LogP contribution is 2.27. The molecule has 2 N–H and O–H groups in total. The maximum Gasteiger partial charge on any atom is 0.340 e. The molecule has 0 heterocycles. The summed E-state index contributed by atoms with van der Waals surface area (Å²) in [6, 6.07) is 4.03. The fourth-order valence-electron chi connectivity index (χ4n) is 1.11. The van der Waals surface area contributed by atoms with Crippen LogP contribution < -0.4 is 11.1 Å². The maximum absolute atomic E-state index is 12.4. The summed E-state index contributed by atoms with van der Waals surface area (Å²) in [7, 11) is 0. The van der Waals surface area contributed by atoms with Crippen LogP contribution in [0.15, 0.2) is 18.2 Å². The Kier molecular flexibility index (Phi) is 3.84. The topological polar surface area (TPSA) is 50.4 Å². The van der Waals surface area contributed by atoms with Crippen molar-refractivity contribution in [2.75, 3.05) is 17.7 Å². The minimum atomic E-state index is -0.713. The van der Waals surface area contributed by atoms with Gasteiger partial charge in [0.1, 0.15) is 5.69 Å². The number of ether oxygens (including phenoxy) is 1. The Balaban J connectivity index is 3.11. The number of hydrogen-bond acceptors (Lipinski definition) is 4. The van der Waals surface area contributed by atoms with Crippen molar-refractivity contribution in [1.29, 1.82) is 0 Å². The normalized spacial score (nSPS) is 9.53. The standard InChI is InChI=1S/C9H10F2N2O2/c1-2-15-9(14)6-4-3-5-7(12-10)8(6)13-11/h3-5,12-13H,2H2,1H3. The van der Waals surface area contributed by atoms with Gasteiger partial charge < -0.3 is 4.74 Å². The van der Waals surface area contributed by atoms with Crippen molar-refractivity contribution in [2.45, 2.75) is 6.92 Å². The predicted molar refractivity (Wildman–Crippen MR) is 51.9 cm³/mol. The van der Waals surface area contributed by atoms with E-state index in [9.17, 15) is 13.8 Å². The summed E-state index contributed by atoms with van der Waals surface area (Å²) in [5, 5.41) is 0. The molecular formula is C9H10F2N2O2. The largest absolute Gasteiger partial charge is 0.462 e. The Morgan fingerprint density at radius 2 is 2.13 bits per heavy atom. The van der Waals surface area contributed by atoms with Crippen LogP contribution in [0.2, 0.25) is 0 Å². The third-order valence-corrected chi connectivity index (χ3v) is 1.76. The van der Waals surface area contributed by atoms with E-state index in [-0.39, 0.29) is 23.5 Å². The first-order valence-corrected chi connectivity index (χ1v) is 4.28. The second kappa shape index (κ2) is 5.14. The summed E-state index contributed by atoms with van der Waals surface area (Å²) in [6.45, 7) is 1.79. The van der Waals surface area contributed by atoms with Crippen molar-refractivity contribution >= 4 is 17.3 Å². The number of para-hydroxylation sites is 1. The van der Waals surface area contributed by atoms with Crippen LogP contribution in [-0.4, -0.2) is 12.6 Å². The lowest BCUT2D eigenvalue weighted by atomic mass is 10.1. The van der Waals surface area contributed by atoms with Gasteiger partial charge in [-0.2, -0.15) is 0 Å². The molecule has 0 radical (unpaired) electrons. The van der Waals surface area contributed by atoms with E-state index in [4.69, 9.17) is 0 Å². The van der Waals surface area contributed by atoms with Crippen molar-refractivity contribution in [3.8, 4) is 0 Å². The lowest BCUT2D eigenvalue weighted by Crippen LogP contribution is -2.08. The van der Waals surface area contributed by atoms with E-state index in [1.165, 1.54) is 29.3 Å². The minimum absolute atomic E-state index is 0.0676. The maximum atomic E-state index is 12.4. The first-order valence-electron chi connectivity index (χ1n) is 4.28. The second-order valence-corrected chi connectivity index (χ2v) is 2.64. The monoisotopic (exact) mass is 216 g/mol. The molecule has 0 unspecified atom stereocenters. The van der Waals surface area contributed by atoms with Crippen LogP contribution in [0, 0.1) is 0 Å². The molecule has 0 aliphatic carbocycles. The van der Waals surface area contributed by atoms with Crippen LogP contribution in [0.4, 0.5) is 20.3 Å². The average molecular weight is 216 g/mol. The molecule has 0 saturated carbocycles. The van der Waals surface area contributed by atoms with Gasteiger partial charge in [0, 0.05) is 0 Å². The lowest BCUT2D eigenvalue weighted by molar-refractivity contribution is 0.0527. The average Bonchev–Trinajstić information content (AvgIpc) is 2.28. The summed E-state index contributed by atoms with van der Waals surface area (Å²) in [6.07, 6.45) is 0. The summed E-state index contributed by atoms with van der Waals surface area (Å²) in [4.78, 5) is 11.3. The molecular weight excluding hydrogens is 206 g/mol.